The highest BCUT2D eigenvalue weighted by molar-refractivity contribution is 6.35. The van der Waals surface area contributed by atoms with E-state index >= 15 is 0 Å². The lowest BCUT2D eigenvalue weighted by atomic mass is 9.45. The molecule has 0 aliphatic heterocycles. The molecule has 4 saturated carbocycles. The highest BCUT2D eigenvalue weighted by Gasteiger charge is 2.56. The van der Waals surface area contributed by atoms with Gasteiger partial charge in [0.1, 0.15) is 6.04 Å². The summed E-state index contributed by atoms with van der Waals surface area (Å²) >= 11 is 6.02. The molecule has 288 valence electrons. The second-order valence-corrected chi connectivity index (χ2v) is 15.1. The van der Waals surface area contributed by atoms with Gasteiger partial charge in [-0.05, 0) is 90.8 Å². The number of nitrogens with one attached hydrogen (secondary N) is 5. The van der Waals surface area contributed by atoms with Crippen molar-refractivity contribution < 1.29 is 42.2 Å². The van der Waals surface area contributed by atoms with E-state index in [9.17, 15) is 37.5 Å². The zero-order valence-corrected chi connectivity index (χ0v) is 30.3. The number of amides is 3. The lowest BCUT2D eigenvalue weighted by Crippen LogP contribution is -2.61. The Hall–Kier alpha value is -5.19. The Kier molecular flexibility index (Phi) is 10.6. The predicted molar refractivity (Wildman–Crippen MR) is 190 cm³/mol. The first-order chi connectivity index (χ1) is 25.4. The van der Waals surface area contributed by atoms with Gasteiger partial charge in [0.15, 0.2) is 6.61 Å². The van der Waals surface area contributed by atoms with E-state index in [1.807, 2.05) is 12.1 Å². The van der Waals surface area contributed by atoms with Gasteiger partial charge in [0.2, 0.25) is 11.9 Å². The summed E-state index contributed by atoms with van der Waals surface area (Å²) < 4.78 is 43.7. The predicted octanol–water partition coefficient (Wildman–Crippen LogP) is 4.80. The van der Waals surface area contributed by atoms with Gasteiger partial charge in [0, 0.05) is 28.9 Å². The van der Waals surface area contributed by atoms with Gasteiger partial charge in [0.05, 0.1) is 5.54 Å². The summed E-state index contributed by atoms with van der Waals surface area (Å²) in [5.74, 6) is -3.18. The van der Waals surface area contributed by atoms with Crippen LogP contribution in [0.4, 0.5) is 30.8 Å². The molecule has 1 aromatic heterocycles. The summed E-state index contributed by atoms with van der Waals surface area (Å²) in [4.78, 5) is 62.4. The monoisotopic (exact) mass is 772 g/mol. The number of fused-ring (bicyclic) bond motifs is 2. The van der Waals surface area contributed by atoms with Gasteiger partial charge in [-0.25, -0.2) is 4.79 Å². The molecular weight excluding hydrogens is 733 g/mol. The molecule has 2 bridgehead atoms. The van der Waals surface area contributed by atoms with Crippen LogP contribution in [0.15, 0.2) is 48.5 Å². The zero-order chi connectivity index (χ0) is 39.0. The summed E-state index contributed by atoms with van der Waals surface area (Å²) in [6, 6.07) is 10.4. The van der Waals surface area contributed by atoms with Crippen LogP contribution in [0, 0.1) is 23.2 Å². The van der Waals surface area contributed by atoms with Gasteiger partial charge in [-0.2, -0.15) is 28.1 Å². The number of ether oxygens (including phenoxy) is 1. The van der Waals surface area contributed by atoms with Crippen LogP contribution < -0.4 is 31.3 Å². The van der Waals surface area contributed by atoms with E-state index in [1.54, 1.807) is 12.1 Å². The largest absolute Gasteiger partial charge is 0.480 e. The van der Waals surface area contributed by atoms with E-state index in [0.717, 1.165) is 18.4 Å². The first-order valence-corrected chi connectivity index (χ1v) is 17.8. The number of aliphatic carboxylic acids is 1. The SMILES string of the molecule is C[C@H]1[C@@H](NC(=O)C(=O)NC[C@H](NC(=O)c2ccc(Nc3nc(NC4(c5ccc(Cl)cc5)CC4)nc(OCC(F)(F)F)n3)cc2)C(=O)O)C[C@H]2C[C@@H]1C2(C)C. The van der Waals surface area contributed by atoms with Gasteiger partial charge < -0.3 is 36.4 Å². The molecule has 1 heterocycles. The molecule has 0 unspecified atom stereocenters. The smallest absolute Gasteiger partial charge is 0.422 e. The van der Waals surface area contributed by atoms with Gasteiger partial charge in [-0.1, -0.05) is 44.5 Å². The number of carbonyl (C=O) groups excluding carboxylic acids is 3. The van der Waals surface area contributed by atoms with E-state index in [2.05, 4.69) is 62.3 Å². The summed E-state index contributed by atoms with van der Waals surface area (Å²) in [5, 5.41) is 23.7. The van der Waals surface area contributed by atoms with Crippen LogP contribution in [0.2, 0.25) is 5.02 Å². The quantitative estimate of drug-likeness (QED) is 0.131. The highest BCUT2D eigenvalue weighted by atomic mass is 35.5. The summed E-state index contributed by atoms with van der Waals surface area (Å²) in [6.45, 7) is 4.33. The van der Waals surface area contributed by atoms with Crippen LogP contribution in [0.5, 0.6) is 6.01 Å². The minimum atomic E-state index is -4.64. The molecule has 6 N–H and O–H groups in total. The summed E-state index contributed by atoms with van der Waals surface area (Å²) in [7, 11) is 0. The molecule has 54 heavy (non-hydrogen) atoms. The van der Waals surface area contributed by atoms with Gasteiger partial charge in [-0.3, -0.25) is 14.4 Å². The number of carboxylic acid groups (broad SMARTS) is 1. The van der Waals surface area contributed by atoms with Crippen molar-refractivity contribution in [3.8, 4) is 6.01 Å². The lowest BCUT2D eigenvalue weighted by Gasteiger charge is -2.62. The van der Waals surface area contributed by atoms with E-state index in [4.69, 9.17) is 16.3 Å². The molecule has 0 saturated heterocycles. The zero-order valence-electron chi connectivity index (χ0n) is 29.6. The third-order valence-electron chi connectivity index (χ3n) is 10.8. The van der Waals surface area contributed by atoms with Crippen molar-refractivity contribution in [1.29, 1.82) is 0 Å². The third-order valence-corrected chi connectivity index (χ3v) is 11.1. The Morgan fingerprint density at radius 1 is 0.963 bits per heavy atom. The summed E-state index contributed by atoms with van der Waals surface area (Å²) in [6.07, 6.45) is -1.37. The lowest BCUT2D eigenvalue weighted by molar-refractivity contribution is -0.154. The average Bonchev–Trinajstić information content (AvgIpc) is 3.89. The Bertz CT molecular complexity index is 1910. The Labute approximate surface area is 313 Å². The van der Waals surface area contributed by atoms with Crippen LogP contribution in [-0.2, 0) is 19.9 Å². The number of alkyl halides is 3. The molecule has 3 amide bonds. The van der Waals surface area contributed by atoms with E-state index < -0.39 is 60.6 Å². The number of carbonyl (C=O) groups is 4. The number of hydrogen-bond donors (Lipinski definition) is 6. The maximum absolute atomic E-state index is 13.0. The maximum Gasteiger partial charge on any atom is 0.422 e. The first kappa shape index (κ1) is 38.5. The molecule has 2 aromatic carbocycles. The van der Waals surface area contributed by atoms with Crippen molar-refractivity contribution >= 4 is 52.9 Å². The Balaban J connectivity index is 1.06. The molecule has 0 radical (unpaired) electrons. The molecule has 4 aliphatic carbocycles. The van der Waals surface area contributed by atoms with Crippen LogP contribution in [0.3, 0.4) is 0 Å². The molecule has 3 aromatic rings. The average molecular weight is 773 g/mol. The van der Waals surface area contributed by atoms with Gasteiger partial charge >= 0.3 is 30.0 Å². The van der Waals surface area contributed by atoms with Gasteiger partial charge in [0.25, 0.3) is 5.91 Å². The summed E-state index contributed by atoms with van der Waals surface area (Å²) in [5.41, 5.74) is 0.896. The standard InChI is InChI=1S/C36H40ClF3N8O6/c1-18-24-14-21(34(24,2)3)15-25(18)43-29(51)28(50)41-16-26(30(52)53)44-27(49)19-4-10-23(11-5-19)42-31-45-32(47-33(46-31)54-17-36(38,39)40)48-35(12-13-35)20-6-8-22(37)9-7-20/h4-11,18,21,24-26H,12-17H2,1-3H3,(H,41,50)(H,43,51)(H,44,49)(H,52,53)(H2,42,45,46,47,48)/t18-,21-,24+,25+,26+/m1/s1. The highest BCUT2D eigenvalue weighted by Crippen LogP contribution is 2.61. The van der Waals surface area contributed by atoms with Crippen LogP contribution in [0.25, 0.3) is 0 Å². The number of benzene rings is 2. The number of rotatable bonds is 13. The third kappa shape index (κ3) is 8.77. The van der Waals surface area contributed by atoms with Crippen molar-refractivity contribution in [2.45, 2.75) is 70.3 Å². The van der Waals surface area contributed by atoms with Crippen LogP contribution in [-0.4, -0.2) is 75.2 Å². The van der Waals surface area contributed by atoms with Crippen molar-refractivity contribution in [2.24, 2.45) is 23.2 Å². The van der Waals surface area contributed by atoms with E-state index in [1.165, 1.54) is 24.3 Å². The fourth-order valence-electron chi connectivity index (χ4n) is 7.40. The van der Waals surface area contributed by atoms with E-state index in [0.29, 0.717) is 35.4 Å². The van der Waals surface area contributed by atoms with Crippen molar-refractivity contribution in [3.05, 3.63) is 64.7 Å². The van der Waals surface area contributed by atoms with Crippen molar-refractivity contribution in [1.82, 2.24) is 30.9 Å². The van der Waals surface area contributed by atoms with Crippen LogP contribution in [0.1, 0.15) is 62.4 Å². The number of anilines is 3. The minimum Gasteiger partial charge on any atom is -0.480 e. The fraction of sp³-hybridized carbons (Fsp3) is 0.472. The first-order valence-electron chi connectivity index (χ1n) is 17.4. The molecule has 7 rings (SSSR count). The molecule has 0 spiro atoms. The van der Waals surface area contributed by atoms with Crippen molar-refractivity contribution in [2.75, 3.05) is 23.8 Å². The fourth-order valence-corrected chi connectivity index (χ4v) is 7.52. The Morgan fingerprint density at radius 2 is 1.63 bits per heavy atom. The molecule has 14 nitrogen and oxygen atoms in total. The molecule has 4 aliphatic rings. The van der Waals surface area contributed by atoms with E-state index in [-0.39, 0.29) is 34.8 Å². The van der Waals surface area contributed by atoms with Crippen molar-refractivity contribution in [3.63, 3.8) is 0 Å². The second-order valence-electron chi connectivity index (χ2n) is 14.7. The minimum absolute atomic E-state index is 0.0403. The second kappa shape index (κ2) is 14.9. The molecule has 18 heteroatoms. The molecule has 4 fully saturated rings. The molecular formula is C36H40ClF3N8O6. The topological polar surface area (TPSA) is 197 Å². The van der Waals surface area contributed by atoms with Gasteiger partial charge in [-0.15, -0.1) is 0 Å². The number of halogens is 4. The normalized spacial score (nSPS) is 22.4. The number of nitrogens with zero attached hydrogens (tertiary/aromatic N) is 3. The number of hydrogen-bond acceptors (Lipinski definition) is 10. The number of aromatic nitrogens is 3. The Morgan fingerprint density at radius 3 is 2.22 bits per heavy atom. The number of carboxylic acids is 1. The maximum atomic E-state index is 13.0. The molecule has 5 atom stereocenters. The van der Waals surface area contributed by atoms with Crippen LogP contribution >= 0.6 is 11.6 Å².